The highest BCUT2D eigenvalue weighted by molar-refractivity contribution is 6.30. The number of hydrogen-bond acceptors (Lipinski definition) is 8. The van der Waals surface area contributed by atoms with Gasteiger partial charge in [-0.1, -0.05) is 65.3 Å². The van der Waals surface area contributed by atoms with Crippen LogP contribution in [0, 0.1) is 56.7 Å². The van der Waals surface area contributed by atoms with Gasteiger partial charge < -0.3 is 19.5 Å². The molecule has 59 heavy (non-hydrogen) atoms. The van der Waals surface area contributed by atoms with E-state index < -0.39 is 28.9 Å². The lowest BCUT2D eigenvalue weighted by Gasteiger charge is -2.68. The molecule has 328 valence electrons. The minimum Gasteiger partial charge on any atom is -0.481 e. The van der Waals surface area contributed by atoms with Crippen molar-refractivity contribution in [3.63, 3.8) is 0 Å². The lowest BCUT2D eigenvalue weighted by molar-refractivity contribution is -0.206. The molecule has 0 saturated heterocycles. The number of rotatable bonds is 14. The van der Waals surface area contributed by atoms with Gasteiger partial charge in [0.2, 0.25) is 0 Å². The molecule has 0 aromatic heterocycles. The second kappa shape index (κ2) is 16.8. The summed E-state index contributed by atoms with van der Waals surface area (Å²) in [5.41, 5.74) is 1.52. The van der Waals surface area contributed by atoms with Gasteiger partial charge in [-0.3, -0.25) is 24.1 Å². The van der Waals surface area contributed by atoms with Crippen LogP contribution in [0.3, 0.4) is 0 Å². The third-order valence-electron chi connectivity index (χ3n) is 16.6. The number of esters is 2. The average Bonchev–Trinajstić information content (AvgIpc) is 3.45. The van der Waals surface area contributed by atoms with Gasteiger partial charge in [0.1, 0.15) is 12.2 Å². The number of nitrogens with zero attached hydrogens (tertiary/aromatic N) is 2. The summed E-state index contributed by atoms with van der Waals surface area (Å²) in [6.07, 6.45) is 7.30. The third-order valence-corrected chi connectivity index (χ3v) is 16.8. The molecule has 5 aliphatic rings. The minimum atomic E-state index is -1.18. The van der Waals surface area contributed by atoms with Gasteiger partial charge in [0, 0.05) is 55.4 Å². The highest BCUT2D eigenvalue weighted by Gasteiger charge is 2.67. The standard InChI is InChI=1S/C49H73ClN2O7/c1-30(2)42-37(54)26-49(40(58-31(3)53)29-52(25-24-51(10)11)28-32-12-14-33(50)15-13-32)23-22-47(8)34-18-19-38-46(6,7)39(59-41(55)27-45(4,5)44(56)57)20-21-48(38,9)35(34)16-17-36(47)43(42)49/h12-15,30,34-36,38-40H,16-29H2,1-11H3,(H,56,57)/t34-,35+,36-,38+,39+,40+,47+,48-,49+/m1/s1. The largest absolute Gasteiger partial charge is 0.481 e. The third kappa shape index (κ3) is 8.56. The van der Waals surface area contributed by atoms with Crippen LogP contribution in [0.5, 0.6) is 0 Å². The maximum Gasteiger partial charge on any atom is 0.309 e. The summed E-state index contributed by atoms with van der Waals surface area (Å²) in [4.78, 5) is 57.2. The second-order valence-corrected chi connectivity index (χ2v) is 22.1. The number of carbonyl (C=O) groups is 4. The molecule has 5 aliphatic carbocycles. The number of Topliss-reactive ketones (excluding diaryl/α,β-unsaturated/α-hetero) is 1. The highest BCUT2D eigenvalue weighted by atomic mass is 35.5. The van der Waals surface area contributed by atoms with Gasteiger partial charge >= 0.3 is 17.9 Å². The number of carboxylic acid groups (broad SMARTS) is 1. The zero-order chi connectivity index (χ0) is 43.5. The van der Waals surface area contributed by atoms with Gasteiger partial charge in [0.25, 0.3) is 0 Å². The van der Waals surface area contributed by atoms with Crippen molar-refractivity contribution < 1.29 is 33.8 Å². The number of halogens is 1. The number of fused-ring (bicyclic) bond motifs is 7. The SMILES string of the molecule is CC(=O)O[C@@H](CN(CCN(C)C)Cc1ccc(Cl)cc1)[C@@]12CC[C@]3(C)[C@H](CC[C@H]4[C@H]3CC[C@H]3C(C)(C)[C@@H](OC(=O)CC(C)(C)C(=O)O)CC[C@]43C)C1=C(C(C)C)C(=O)C2. The number of ether oxygens (including phenoxy) is 2. The zero-order valence-electron chi connectivity index (χ0n) is 37.9. The van der Waals surface area contributed by atoms with Gasteiger partial charge in [0.15, 0.2) is 5.78 Å². The minimum absolute atomic E-state index is 0.00888. The first-order valence-corrected chi connectivity index (χ1v) is 22.8. The predicted octanol–water partition coefficient (Wildman–Crippen LogP) is 9.64. The number of ketones is 1. The van der Waals surface area contributed by atoms with Crippen molar-refractivity contribution in [3.8, 4) is 0 Å². The molecule has 0 aliphatic heterocycles. The van der Waals surface area contributed by atoms with Crippen molar-refractivity contribution in [1.82, 2.24) is 9.80 Å². The van der Waals surface area contributed by atoms with Gasteiger partial charge in [-0.25, -0.2) is 0 Å². The summed E-state index contributed by atoms with van der Waals surface area (Å²) >= 11 is 6.27. The van der Waals surface area contributed by atoms with Crippen molar-refractivity contribution in [2.24, 2.45) is 56.7 Å². The van der Waals surface area contributed by atoms with E-state index in [9.17, 15) is 24.3 Å². The topological polar surface area (TPSA) is 113 Å². The zero-order valence-corrected chi connectivity index (χ0v) is 38.7. The predicted molar refractivity (Wildman–Crippen MR) is 232 cm³/mol. The molecule has 9 atom stereocenters. The molecule has 9 nitrogen and oxygen atoms in total. The number of benzene rings is 1. The summed E-state index contributed by atoms with van der Waals surface area (Å²) in [7, 11) is 4.15. The first kappa shape index (κ1) is 45.8. The van der Waals surface area contributed by atoms with Crippen LogP contribution in [0.15, 0.2) is 35.4 Å². The molecule has 6 rings (SSSR count). The molecular weight excluding hydrogens is 764 g/mol. The highest BCUT2D eigenvalue weighted by Crippen LogP contribution is 2.73. The number of carbonyl (C=O) groups excluding carboxylic acids is 3. The molecule has 0 spiro atoms. The van der Waals surface area contributed by atoms with Crippen molar-refractivity contribution in [2.45, 2.75) is 145 Å². The molecule has 4 saturated carbocycles. The van der Waals surface area contributed by atoms with Crippen LogP contribution in [0.2, 0.25) is 5.02 Å². The molecule has 0 amide bonds. The van der Waals surface area contributed by atoms with Gasteiger partial charge in [-0.2, -0.15) is 0 Å². The summed E-state index contributed by atoms with van der Waals surface area (Å²) in [5, 5.41) is 10.4. The van der Waals surface area contributed by atoms with E-state index >= 15 is 0 Å². The van der Waals surface area contributed by atoms with Gasteiger partial charge in [-0.15, -0.1) is 0 Å². The number of hydrogen-bond donors (Lipinski definition) is 1. The fourth-order valence-corrected chi connectivity index (χ4v) is 13.7. The van der Waals surface area contributed by atoms with Crippen LogP contribution < -0.4 is 0 Å². The van der Waals surface area contributed by atoms with E-state index in [1.807, 2.05) is 12.1 Å². The molecule has 0 radical (unpaired) electrons. The summed E-state index contributed by atoms with van der Waals surface area (Å²) in [6, 6.07) is 7.98. The smallest absolute Gasteiger partial charge is 0.309 e. The van der Waals surface area contributed by atoms with E-state index in [0.717, 1.165) is 75.6 Å². The Bertz CT molecular complexity index is 1800. The van der Waals surface area contributed by atoms with Crippen LogP contribution in [-0.2, 0) is 35.2 Å². The monoisotopic (exact) mass is 837 g/mol. The Morgan fingerprint density at radius 2 is 1.56 bits per heavy atom. The van der Waals surface area contributed by atoms with Crippen molar-refractivity contribution in [1.29, 1.82) is 0 Å². The van der Waals surface area contributed by atoms with Crippen LogP contribution in [-0.4, -0.2) is 84.5 Å². The first-order valence-electron chi connectivity index (χ1n) is 22.5. The Morgan fingerprint density at radius 3 is 2.17 bits per heavy atom. The first-order chi connectivity index (χ1) is 27.5. The van der Waals surface area contributed by atoms with E-state index in [0.29, 0.717) is 42.3 Å². The van der Waals surface area contributed by atoms with E-state index in [-0.39, 0.29) is 52.4 Å². The Kier molecular flexibility index (Phi) is 13.1. The molecule has 1 N–H and O–H groups in total. The van der Waals surface area contributed by atoms with E-state index in [2.05, 4.69) is 77.6 Å². The number of likely N-dealkylation sites (N-methyl/N-ethyl adjacent to an activating group) is 1. The Balaban J connectivity index is 1.31. The van der Waals surface area contributed by atoms with Crippen LogP contribution in [0.4, 0.5) is 0 Å². The lowest BCUT2D eigenvalue weighted by Crippen LogP contribution is -2.62. The van der Waals surface area contributed by atoms with Crippen molar-refractivity contribution in [2.75, 3.05) is 33.7 Å². The fraction of sp³-hybridized carbons (Fsp3) is 0.755. The number of allylic oxidation sites excluding steroid dienone is 1. The van der Waals surface area contributed by atoms with Crippen molar-refractivity contribution >= 4 is 35.3 Å². The van der Waals surface area contributed by atoms with E-state index in [1.165, 1.54) is 12.5 Å². The van der Waals surface area contributed by atoms with Crippen molar-refractivity contribution in [3.05, 3.63) is 46.0 Å². The number of aliphatic carboxylic acids is 1. The summed E-state index contributed by atoms with van der Waals surface area (Å²) < 4.78 is 12.7. The van der Waals surface area contributed by atoms with Crippen LogP contribution in [0.1, 0.15) is 132 Å². The molecular formula is C49H73ClN2O7. The summed E-state index contributed by atoms with van der Waals surface area (Å²) in [6.45, 7) is 21.4. The Morgan fingerprint density at radius 1 is 0.915 bits per heavy atom. The Hall–Kier alpha value is -2.75. The number of carboxylic acids is 1. The Labute approximate surface area is 359 Å². The molecule has 0 heterocycles. The van der Waals surface area contributed by atoms with E-state index in [4.69, 9.17) is 21.1 Å². The second-order valence-electron chi connectivity index (χ2n) is 21.7. The lowest BCUT2D eigenvalue weighted by atomic mass is 9.37. The quantitative estimate of drug-likeness (QED) is 0.183. The molecule has 4 fully saturated rings. The molecule has 1 aromatic rings. The van der Waals surface area contributed by atoms with Crippen LogP contribution in [0.25, 0.3) is 0 Å². The average molecular weight is 838 g/mol. The van der Waals surface area contributed by atoms with Gasteiger partial charge in [-0.05, 0) is 149 Å². The molecule has 0 unspecified atom stereocenters. The maximum absolute atomic E-state index is 14.5. The summed E-state index contributed by atoms with van der Waals surface area (Å²) in [5.74, 6) is 0.156. The fourth-order valence-electron chi connectivity index (χ4n) is 13.6. The molecule has 10 heteroatoms. The normalized spacial score (nSPS) is 33.3. The molecule has 1 aromatic carbocycles. The van der Waals surface area contributed by atoms with E-state index in [1.54, 1.807) is 13.8 Å². The van der Waals surface area contributed by atoms with Crippen LogP contribution >= 0.6 is 11.6 Å². The molecule has 0 bridgehead atoms. The maximum atomic E-state index is 14.5. The van der Waals surface area contributed by atoms with Gasteiger partial charge in [0.05, 0.1) is 11.8 Å².